The molecule has 0 amide bonds. The van der Waals surface area contributed by atoms with Crippen LogP contribution in [0.25, 0.3) is 10.1 Å². The Morgan fingerprint density at radius 1 is 1.21 bits per heavy atom. The van der Waals surface area contributed by atoms with Gasteiger partial charge in [-0.25, -0.2) is 0 Å². The van der Waals surface area contributed by atoms with E-state index in [2.05, 4.69) is 81.1 Å². The Kier molecular flexibility index (Phi) is 11.8. The molecule has 8 heteroatoms. The maximum atomic E-state index is 12.6. The van der Waals surface area contributed by atoms with Crippen LogP contribution in [-0.4, -0.2) is 55.8 Å². The van der Waals surface area contributed by atoms with Crippen molar-refractivity contribution in [2.24, 2.45) is 5.92 Å². The van der Waals surface area contributed by atoms with Gasteiger partial charge in [0.2, 0.25) is 0 Å². The number of benzene rings is 1. The molecule has 0 saturated heterocycles. The summed E-state index contributed by atoms with van der Waals surface area (Å²) in [4.78, 5) is 25.2. The minimum absolute atomic E-state index is 0.0191. The number of methoxy groups -OCH3 is 1. The fourth-order valence-electron chi connectivity index (χ4n) is 3.98. The maximum absolute atomic E-state index is 12.6. The van der Waals surface area contributed by atoms with Crippen LogP contribution in [0, 0.1) is 5.92 Å². The minimum Gasteiger partial charge on any atom is -0.468 e. The number of thiophene rings is 1. The Bertz CT molecular complexity index is 1100. The predicted molar refractivity (Wildman–Crippen MR) is 169 cm³/mol. The van der Waals surface area contributed by atoms with Gasteiger partial charge >= 0.3 is 5.97 Å². The van der Waals surface area contributed by atoms with E-state index < -0.39 is 8.32 Å². The molecule has 38 heavy (non-hydrogen) atoms. The van der Waals surface area contributed by atoms with E-state index >= 15 is 0 Å². The molecule has 1 heterocycles. The van der Waals surface area contributed by atoms with Gasteiger partial charge in [-0.2, -0.15) is 11.8 Å². The molecule has 1 aliphatic carbocycles. The average Bonchev–Trinajstić information content (AvgIpc) is 3.44. The number of thioether (sulfide) groups is 2. The van der Waals surface area contributed by atoms with E-state index in [1.807, 2.05) is 17.4 Å². The zero-order valence-corrected chi connectivity index (χ0v) is 27.0. The molecule has 0 spiro atoms. The second-order valence-corrected chi connectivity index (χ2v) is 19.5. The van der Waals surface area contributed by atoms with Crippen LogP contribution in [0.4, 0.5) is 0 Å². The Balaban J connectivity index is 1.62. The van der Waals surface area contributed by atoms with Crippen LogP contribution in [-0.2, 0) is 25.2 Å². The molecule has 0 bridgehead atoms. The van der Waals surface area contributed by atoms with Crippen molar-refractivity contribution in [3.63, 3.8) is 0 Å². The van der Waals surface area contributed by atoms with Gasteiger partial charge in [0.25, 0.3) is 0 Å². The first-order chi connectivity index (χ1) is 18.0. The van der Waals surface area contributed by atoms with Gasteiger partial charge in [0.15, 0.2) is 14.1 Å². The van der Waals surface area contributed by atoms with Crippen molar-refractivity contribution in [3.8, 4) is 0 Å². The van der Waals surface area contributed by atoms with E-state index in [9.17, 15) is 9.59 Å². The van der Waals surface area contributed by atoms with E-state index in [0.29, 0.717) is 5.75 Å². The topological polar surface area (TPSA) is 52.6 Å². The lowest BCUT2D eigenvalue weighted by Gasteiger charge is -2.38. The van der Waals surface area contributed by atoms with Crippen molar-refractivity contribution < 1.29 is 18.8 Å². The molecule has 208 valence electrons. The molecule has 3 rings (SSSR count). The molecule has 1 aromatic heterocycles. The lowest BCUT2D eigenvalue weighted by atomic mass is 10.1. The normalized spacial score (nSPS) is 19.1. The van der Waals surface area contributed by atoms with E-state index in [1.165, 1.54) is 22.1 Å². The van der Waals surface area contributed by atoms with Crippen molar-refractivity contribution in [1.29, 1.82) is 0 Å². The predicted octanol–water partition coefficient (Wildman–Crippen LogP) is 7.93. The lowest BCUT2D eigenvalue weighted by Crippen LogP contribution is -2.43. The van der Waals surface area contributed by atoms with Gasteiger partial charge in [-0.15, -0.1) is 23.1 Å². The van der Waals surface area contributed by atoms with Crippen molar-refractivity contribution in [2.45, 2.75) is 69.5 Å². The zero-order valence-electron chi connectivity index (χ0n) is 23.5. The number of fused-ring (bicyclic) bond motifs is 1. The van der Waals surface area contributed by atoms with Crippen molar-refractivity contribution >= 4 is 65.0 Å². The van der Waals surface area contributed by atoms with Crippen LogP contribution in [0.15, 0.2) is 54.6 Å². The van der Waals surface area contributed by atoms with E-state index in [0.717, 1.165) is 30.8 Å². The first-order valence-corrected chi connectivity index (χ1v) is 19.2. The van der Waals surface area contributed by atoms with Crippen LogP contribution in [0.1, 0.15) is 38.5 Å². The summed E-state index contributed by atoms with van der Waals surface area (Å²) in [6, 6.07) is 10.9. The molecule has 0 N–H and O–H groups in total. The smallest absolute Gasteiger partial charge is 0.315 e. The number of esters is 1. The third-order valence-electron chi connectivity index (χ3n) is 7.24. The summed E-state index contributed by atoms with van der Waals surface area (Å²) in [7, 11) is -0.550. The summed E-state index contributed by atoms with van der Waals surface area (Å²) in [5.41, 5.74) is 0. The van der Waals surface area contributed by atoms with Gasteiger partial charge < -0.3 is 9.16 Å². The number of allylic oxidation sites excluding steroid dienone is 3. The van der Waals surface area contributed by atoms with Gasteiger partial charge in [-0.1, -0.05) is 57.2 Å². The number of carbonyl (C=O) groups excluding carboxylic acids is 2. The quantitative estimate of drug-likeness (QED) is 0.0964. The van der Waals surface area contributed by atoms with Gasteiger partial charge in [0.1, 0.15) is 0 Å². The molecule has 1 aliphatic rings. The van der Waals surface area contributed by atoms with E-state index in [4.69, 9.17) is 4.43 Å². The summed E-state index contributed by atoms with van der Waals surface area (Å²) in [5, 5.41) is 1.36. The van der Waals surface area contributed by atoms with Gasteiger partial charge in [-0.3, -0.25) is 9.59 Å². The molecular formula is C30H42O4S3Si. The lowest BCUT2D eigenvalue weighted by molar-refractivity contribution is -0.137. The molecule has 1 unspecified atom stereocenters. The highest BCUT2D eigenvalue weighted by molar-refractivity contribution is 8.01. The molecule has 0 saturated carbocycles. The number of ether oxygens (including phenoxy) is 1. The second-order valence-electron chi connectivity index (χ2n) is 11.2. The largest absolute Gasteiger partial charge is 0.468 e. The Morgan fingerprint density at radius 3 is 2.68 bits per heavy atom. The SMILES string of the molecule is COC(=O)CSCCCS[C@H]1C(=O)C=C[C@@H]1/C=C/C(CCc1cc2ccccc2s1)O[Si](C)(C)C(C)(C)C. The Morgan fingerprint density at radius 2 is 1.97 bits per heavy atom. The molecule has 3 atom stereocenters. The molecule has 2 aromatic rings. The third-order valence-corrected chi connectivity index (χ3v) is 15.4. The first-order valence-electron chi connectivity index (χ1n) is 13.3. The summed E-state index contributed by atoms with van der Waals surface area (Å²) in [6.45, 7) is 11.5. The molecule has 0 radical (unpaired) electrons. The minimum atomic E-state index is -1.96. The van der Waals surface area contributed by atoms with Crippen LogP contribution in [0.5, 0.6) is 0 Å². The third kappa shape index (κ3) is 9.12. The van der Waals surface area contributed by atoms with Gasteiger partial charge in [-0.05, 0) is 72.5 Å². The van der Waals surface area contributed by atoms with Gasteiger partial charge in [0.05, 0.1) is 24.2 Å². The molecule has 1 aromatic carbocycles. The van der Waals surface area contributed by atoms with Crippen molar-refractivity contribution in [2.75, 3.05) is 24.4 Å². The highest BCUT2D eigenvalue weighted by Gasteiger charge is 2.39. The monoisotopic (exact) mass is 590 g/mol. The number of aryl methyl sites for hydroxylation is 1. The average molecular weight is 591 g/mol. The highest BCUT2D eigenvalue weighted by Crippen LogP contribution is 2.38. The standard InChI is InChI=1S/C30H42O4S3Si/c1-30(2,3)38(5,6)34-24(15-16-25-20-23-10-7-8-11-27(23)37-25)14-12-22-13-17-26(31)29(22)36-19-9-18-35-21-28(32)33-4/h7-8,10-14,17,20,22,24,29H,9,15-16,18-19,21H2,1-6H3/b14-12+/t22-,24?,29+/m0/s1. The first kappa shape index (κ1) is 31.2. The molecular weight excluding hydrogens is 549 g/mol. The van der Waals surface area contributed by atoms with Crippen molar-refractivity contribution in [1.82, 2.24) is 0 Å². The number of carbonyl (C=O) groups is 2. The highest BCUT2D eigenvalue weighted by atomic mass is 32.2. The Hall–Kier alpha value is -1.32. The zero-order chi connectivity index (χ0) is 27.8. The summed E-state index contributed by atoms with van der Waals surface area (Å²) >= 11 is 5.17. The van der Waals surface area contributed by atoms with E-state index in [-0.39, 0.29) is 34.1 Å². The molecule has 4 nitrogen and oxygen atoms in total. The number of rotatable bonds is 14. The van der Waals surface area contributed by atoms with E-state index in [1.54, 1.807) is 29.6 Å². The fraction of sp³-hybridized carbons (Fsp3) is 0.533. The van der Waals surface area contributed by atoms with Gasteiger partial charge in [0, 0.05) is 15.5 Å². The van der Waals surface area contributed by atoms with Crippen LogP contribution in [0.3, 0.4) is 0 Å². The van der Waals surface area contributed by atoms with Crippen LogP contribution >= 0.6 is 34.9 Å². The summed E-state index contributed by atoms with van der Waals surface area (Å²) in [5.74, 6) is 2.26. The Labute approximate surface area is 242 Å². The summed E-state index contributed by atoms with van der Waals surface area (Å²) in [6.07, 6.45) is 11.1. The number of hydrogen-bond donors (Lipinski definition) is 0. The van der Waals surface area contributed by atoms with Crippen LogP contribution in [0.2, 0.25) is 18.1 Å². The van der Waals surface area contributed by atoms with Crippen molar-refractivity contribution in [3.05, 3.63) is 59.5 Å². The fourth-order valence-corrected chi connectivity index (χ4v) is 8.54. The van der Waals surface area contributed by atoms with Crippen LogP contribution < -0.4 is 0 Å². The second kappa shape index (κ2) is 14.4. The summed E-state index contributed by atoms with van der Waals surface area (Å²) < 4.78 is 12.9. The number of ketones is 1. The molecule has 0 aliphatic heterocycles. The number of hydrogen-bond acceptors (Lipinski definition) is 7. The maximum Gasteiger partial charge on any atom is 0.315 e. The molecule has 0 fully saturated rings.